The largest absolute Gasteiger partial charge is 0.377 e. The van der Waals surface area contributed by atoms with E-state index in [0.717, 1.165) is 25.9 Å². The second kappa shape index (κ2) is 3.41. The fraction of sp³-hybridized carbons (Fsp3) is 0.909. The zero-order valence-electron chi connectivity index (χ0n) is 8.34. The summed E-state index contributed by atoms with van der Waals surface area (Å²) in [5, 5.41) is 0. The van der Waals surface area contributed by atoms with E-state index in [-0.39, 0.29) is 11.5 Å². The van der Waals surface area contributed by atoms with Crippen LogP contribution >= 0.6 is 0 Å². The Hall–Kier alpha value is -0.370. The van der Waals surface area contributed by atoms with Gasteiger partial charge in [0.15, 0.2) is 0 Å². The summed E-state index contributed by atoms with van der Waals surface area (Å²) in [4.78, 5) is 11.4. The number of ether oxygens (including phenoxy) is 1. The van der Waals surface area contributed by atoms with Crippen molar-refractivity contribution < 1.29 is 9.53 Å². The first-order valence-electron chi connectivity index (χ1n) is 5.44. The maximum atomic E-state index is 11.4. The molecule has 1 atom stereocenters. The van der Waals surface area contributed by atoms with E-state index >= 15 is 0 Å². The minimum absolute atomic E-state index is 0.00768. The van der Waals surface area contributed by atoms with Gasteiger partial charge in [0.2, 0.25) is 0 Å². The third kappa shape index (κ3) is 1.32. The molecule has 1 spiro atoms. The molecule has 0 aromatic carbocycles. The highest BCUT2D eigenvalue weighted by molar-refractivity contribution is 5.93. The van der Waals surface area contributed by atoms with Gasteiger partial charge in [-0.1, -0.05) is 19.8 Å². The van der Waals surface area contributed by atoms with Gasteiger partial charge in [0.05, 0.1) is 11.5 Å². The summed E-state index contributed by atoms with van der Waals surface area (Å²) >= 11 is 0. The smallest absolute Gasteiger partial charge is 0.144 e. The Morgan fingerprint density at radius 3 is 2.77 bits per heavy atom. The Kier molecular flexibility index (Phi) is 2.41. The third-order valence-corrected chi connectivity index (χ3v) is 3.61. The molecular weight excluding hydrogens is 164 g/mol. The summed E-state index contributed by atoms with van der Waals surface area (Å²) in [7, 11) is 0. The minimum atomic E-state index is 0.00768. The van der Waals surface area contributed by atoms with Crippen molar-refractivity contribution in [1.82, 2.24) is 0 Å². The SMILES string of the molecule is CCCCOC1CC(=O)C12CCC2. The van der Waals surface area contributed by atoms with Crippen LogP contribution in [0.25, 0.3) is 0 Å². The quantitative estimate of drug-likeness (QED) is 0.624. The molecular formula is C11H18O2. The van der Waals surface area contributed by atoms with Gasteiger partial charge in [-0.2, -0.15) is 0 Å². The lowest BCUT2D eigenvalue weighted by Crippen LogP contribution is -2.59. The van der Waals surface area contributed by atoms with Crippen molar-refractivity contribution in [1.29, 1.82) is 0 Å². The Bertz CT molecular complexity index is 206. The monoisotopic (exact) mass is 182 g/mol. The fourth-order valence-electron chi connectivity index (χ4n) is 2.36. The molecule has 0 amide bonds. The molecule has 2 nitrogen and oxygen atoms in total. The number of carbonyl (C=O) groups is 1. The number of hydrogen-bond acceptors (Lipinski definition) is 2. The van der Waals surface area contributed by atoms with Crippen LogP contribution in [0.3, 0.4) is 0 Å². The molecule has 0 aliphatic heterocycles. The Morgan fingerprint density at radius 1 is 1.54 bits per heavy atom. The minimum Gasteiger partial charge on any atom is -0.377 e. The van der Waals surface area contributed by atoms with Gasteiger partial charge in [-0.25, -0.2) is 0 Å². The molecule has 0 N–H and O–H groups in total. The molecule has 2 heteroatoms. The topological polar surface area (TPSA) is 26.3 Å². The number of Topliss-reactive ketones (excluding diaryl/α,β-unsaturated/α-hetero) is 1. The van der Waals surface area contributed by atoms with Crippen molar-refractivity contribution in [3.63, 3.8) is 0 Å². The highest BCUT2D eigenvalue weighted by Crippen LogP contribution is 2.54. The molecule has 0 bridgehead atoms. The Balaban J connectivity index is 1.78. The molecule has 2 aliphatic carbocycles. The lowest BCUT2D eigenvalue weighted by Gasteiger charge is -2.53. The Labute approximate surface area is 79.7 Å². The van der Waals surface area contributed by atoms with Crippen molar-refractivity contribution in [3.8, 4) is 0 Å². The lowest BCUT2D eigenvalue weighted by atomic mass is 9.53. The lowest BCUT2D eigenvalue weighted by molar-refractivity contribution is -0.177. The van der Waals surface area contributed by atoms with Gasteiger partial charge in [-0.3, -0.25) is 4.79 Å². The first-order valence-corrected chi connectivity index (χ1v) is 5.44. The van der Waals surface area contributed by atoms with Gasteiger partial charge in [0, 0.05) is 13.0 Å². The molecule has 2 aliphatic rings. The fourth-order valence-corrected chi connectivity index (χ4v) is 2.36. The van der Waals surface area contributed by atoms with Crippen LogP contribution in [0.4, 0.5) is 0 Å². The van der Waals surface area contributed by atoms with Crippen molar-refractivity contribution in [3.05, 3.63) is 0 Å². The van der Waals surface area contributed by atoms with Gasteiger partial charge in [0.25, 0.3) is 0 Å². The maximum Gasteiger partial charge on any atom is 0.144 e. The van der Waals surface area contributed by atoms with Crippen molar-refractivity contribution in [2.24, 2.45) is 5.41 Å². The molecule has 13 heavy (non-hydrogen) atoms. The molecule has 2 rings (SSSR count). The number of rotatable bonds is 4. The Morgan fingerprint density at radius 2 is 2.31 bits per heavy atom. The van der Waals surface area contributed by atoms with Gasteiger partial charge in [0.1, 0.15) is 5.78 Å². The van der Waals surface area contributed by atoms with E-state index in [1.807, 2.05) is 0 Å². The van der Waals surface area contributed by atoms with E-state index in [2.05, 4.69) is 6.92 Å². The first kappa shape index (κ1) is 9.20. The summed E-state index contributed by atoms with van der Waals surface area (Å²) in [5.74, 6) is 0.459. The van der Waals surface area contributed by atoms with E-state index in [4.69, 9.17) is 4.74 Å². The van der Waals surface area contributed by atoms with Crippen LogP contribution in [0.5, 0.6) is 0 Å². The van der Waals surface area contributed by atoms with Crippen LogP contribution in [0, 0.1) is 5.41 Å². The van der Waals surface area contributed by atoms with Crippen LogP contribution in [-0.2, 0) is 9.53 Å². The van der Waals surface area contributed by atoms with Crippen molar-refractivity contribution in [2.45, 2.75) is 51.6 Å². The van der Waals surface area contributed by atoms with E-state index in [1.54, 1.807) is 0 Å². The average molecular weight is 182 g/mol. The molecule has 0 saturated heterocycles. The zero-order valence-corrected chi connectivity index (χ0v) is 8.34. The standard InChI is InChI=1S/C11H18O2/c1-2-3-7-13-10-8-9(12)11(10)5-4-6-11/h10H,2-8H2,1H3. The molecule has 0 aromatic heterocycles. The molecule has 2 fully saturated rings. The first-order chi connectivity index (χ1) is 6.29. The maximum absolute atomic E-state index is 11.4. The van der Waals surface area contributed by atoms with Crippen molar-refractivity contribution in [2.75, 3.05) is 6.61 Å². The van der Waals surface area contributed by atoms with Gasteiger partial charge in [-0.15, -0.1) is 0 Å². The predicted molar refractivity (Wildman–Crippen MR) is 50.6 cm³/mol. The van der Waals surface area contributed by atoms with Crippen LogP contribution in [-0.4, -0.2) is 18.5 Å². The van der Waals surface area contributed by atoms with Gasteiger partial charge < -0.3 is 4.74 Å². The summed E-state index contributed by atoms with van der Waals surface area (Å²) in [6.45, 7) is 3.00. The number of ketones is 1. The summed E-state index contributed by atoms with van der Waals surface area (Å²) in [6.07, 6.45) is 6.66. The normalized spacial score (nSPS) is 29.9. The summed E-state index contributed by atoms with van der Waals surface area (Å²) < 4.78 is 5.73. The summed E-state index contributed by atoms with van der Waals surface area (Å²) in [6, 6.07) is 0. The molecule has 74 valence electrons. The molecule has 0 aromatic rings. The highest BCUT2D eigenvalue weighted by Gasteiger charge is 2.58. The molecule has 2 saturated carbocycles. The number of carbonyl (C=O) groups excluding carboxylic acids is 1. The zero-order chi connectivity index (χ0) is 9.31. The van der Waals surface area contributed by atoms with Crippen LogP contribution in [0.2, 0.25) is 0 Å². The predicted octanol–water partition coefficient (Wildman–Crippen LogP) is 2.31. The third-order valence-electron chi connectivity index (χ3n) is 3.61. The summed E-state index contributed by atoms with van der Waals surface area (Å²) in [5.41, 5.74) is 0.00768. The van der Waals surface area contributed by atoms with E-state index in [1.165, 1.54) is 12.8 Å². The van der Waals surface area contributed by atoms with Crippen LogP contribution in [0.1, 0.15) is 45.4 Å². The average Bonchev–Trinajstić information content (AvgIpc) is 2.00. The second-order valence-electron chi connectivity index (χ2n) is 4.35. The van der Waals surface area contributed by atoms with Crippen molar-refractivity contribution >= 4 is 5.78 Å². The van der Waals surface area contributed by atoms with E-state index in [0.29, 0.717) is 12.2 Å². The number of hydrogen-bond donors (Lipinski definition) is 0. The molecule has 1 unspecified atom stereocenters. The van der Waals surface area contributed by atoms with Crippen LogP contribution in [0.15, 0.2) is 0 Å². The van der Waals surface area contributed by atoms with Gasteiger partial charge in [-0.05, 0) is 19.3 Å². The van der Waals surface area contributed by atoms with Crippen LogP contribution < -0.4 is 0 Å². The molecule has 0 radical (unpaired) electrons. The molecule has 0 heterocycles. The van der Waals surface area contributed by atoms with Gasteiger partial charge >= 0.3 is 0 Å². The van der Waals surface area contributed by atoms with E-state index in [9.17, 15) is 4.79 Å². The second-order valence-corrected chi connectivity index (χ2v) is 4.35. The number of unbranched alkanes of at least 4 members (excludes halogenated alkanes) is 1. The highest BCUT2D eigenvalue weighted by atomic mass is 16.5. The van der Waals surface area contributed by atoms with E-state index < -0.39 is 0 Å².